The van der Waals surface area contributed by atoms with Gasteiger partial charge in [0, 0.05) is 42.2 Å². The van der Waals surface area contributed by atoms with E-state index in [-0.39, 0.29) is 29.7 Å². The predicted molar refractivity (Wildman–Crippen MR) is 124 cm³/mol. The third-order valence-electron chi connectivity index (χ3n) is 6.97. The fourth-order valence-corrected chi connectivity index (χ4v) is 5.46. The summed E-state index contributed by atoms with van der Waals surface area (Å²) in [5, 5.41) is 4.28. The number of allylic oxidation sites excluding steroid dienone is 1. The smallest absolute Gasteiger partial charge is 0.250 e. The Morgan fingerprint density at radius 2 is 2.00 bits per heavy atom. The lowest BCUT2D eigenvalue weighted by Gasteiger charge is -2.27. The number of rotatable bonds is 6. The van der Waals surface area contributed by atoms with Gasteiger partial charge in [-0.3, -0.25) is 14.6 Å². The monoisotopic (exact) mass is 441 g/mol. The number of anilines is 1. The number of aromatic amines is 1. The van der Waals surface area contributed by atoms with Gasteiger partial charge >= 0.3 is 0 Å². The Bertz CT molecular complexity index is 1370. The number of carbonyl (C=O) groups excluding carboxylic acids is 2. The van der Waals surface area contributed by atoms with Gasteiger partial charge in [0.25, 0.3) is 5.91 Å². The van der Waals surface area contributed by atoms with Gasteiger partial charge in [-0.25, -0.2) is 9.97 Å². The van der Waals surface area contributed by atoms with Crippen molar-refractivity contribution in [3.63, 3.8) is 0 Å². The summed E-state index contributed by atoms with van der Waals surface area (Å²) in [5.74, 6) is 0.685. The number of benzene rings is 1. The van der Waals surface area contributed by atoms with Gasteiger partial charge in [0.2, 0.25) is 5.91 Å². The Morgan fingerprint density at radius 3 is 2.82 bits per heavy atom. The first kappa shape index (κ1) is 19.7. The van der Waals surface area contributed by atoms with Crippen molar-refractivity contribution in [1.29, 1.82) is 0 Å². The van der Waals surface area contributed by atoms with E-state index in [1.54, 1.807) is 6.20 Å². The third kappa shape index (κ3) is 3.19. The van der Waals surface area contributed by atoms with E-state index in [2.05, 4.69) is 27.4 Å². The quantitative estimate of drug-likeness (QED) is 0.431. The molecule has 33 heavy (non-hydrogen) atoms. The highest BCUT2D eigenvalue weighted by molar-refractivity contribution is 6.06. The fourth-order valence-electron chi connectivity index (χ4n) is 5.46. The van der Waals surface area contributed by atoms with Crippen molar-refractivity contribution in [2.24, 2.45) is 34.2 Å². The van der Waals surface area contributed by atoms with E-state index in [9.17, 15) is 9.59 Å². The number of amides is 2. The van der Waals surface area contributed by atoms with Crippen LogP contribution in [0.5, 0.6) is 0 Å². The molecule has 0 spiro atoms. The second kappa shape index (κ2) is 7.26. The normalized spacial score (nSPS) is 24.5. The van der Waals surface area contributed by atoms with Crippen molar-refractivity contribution in [2.45, 2.75) is 25.3 Å². The van der Waals surface area contributed by atoms with Crippen LogP contribution >= 0.6 is 0 Å². The summed E-state index contributed by atoms with van der Waals surface area (Å²) in [5.41, 5.74) is 15.1. The first-order valence-corrected chi connectivity index (χ1v) is 11.0. The molecule has 9 heteroatoms. The van der Waals surface area contributed by atoms with Crippen LogP contribution in [0.1, 0.15) is 33.9 Å². The third-order valence-corrected chi connectivity index (χ3v) is 6.97. The van der Waals surface area contributed by atoms with E-state index in [0.717, 1.165) is 34.3 Å². The highest BCUT2D eigenvalue weighted by Crippen LogP contribution is 2.45. The maximum Gasteiger partial charge on any atom is 0.250 e. The van der Waals surface area contributed by atoms with Crippen LogP contribution in [0.3, 0.4) is 0 Å². The first-order valence-electron chi connectivity index (χ1n) is 11.0. The standard InChI is InChI=1S/C24H23N7O2/c25-22(32)15-10-28-16-4-1-11(7-14(15)16)8-18-29-17-5-6-27-21(17)24(30-18)31-20-13-3-2-12(9-13)19(20)23(26)33/h1-4,6-7,10,12-13,19-20,28H,5,8-9H2,(H2,25,32)(H2,26,33)(H,29,30,31). The van der Waals surface area contributed by atoms with Crippen LogP contribution in [0.4, 0.5) is 11.5 Å². The summed E-state index contributed by atoms with van der Waals surface area (Å²) in [6.07, 6.45) is 9.76. The highest BCUT2D eigenvalue weighted by Gasteiger charge is 2.47. The van der Waals surface area contributed by atoms with Crippen LogP contribution in [0.25, 0.3) is 10.9 Å². The molecule has 4 unspecified atom stereocenters. The minimum absolute atomic E-state index is 0.102. The molecule has 0 saturated heterocycles. The van der Waals surface area contributed by atoms with Gasteiger partial charge in [-0.1, -0.05) is 18.2 Å². The van der Waals surface area contributed by atoms with Gasteiger partial charge in [-0.15, -0.1) is 0 Å². The number of nitrogens with zero attached hydrogens (tertiary/aromatic N) is 3. The number of fused-ring (bicyclic) bond motifs is 4. The zero-order valence-electron chi connectivity index (χ0n) is 17.8. The Labute approximate surface area is 189 Å². The molecule has 3 aliphatic rings. The molecular weight excluding hydrogens is 418 g/mol. The molecule has 1 fully saturated rings. The second-order valence-electron chi connectivity index (χ2n) is 8.97. The van der Waals surface area contributed by atoms with Crippen LogP contribution in [-0.4, -0.2) is 39.0 Å². The number of hydrogen-bond donors (Lipinski definition) is 4. The molecule has 1 saturated carbocycles. The molecular formula is C24H23N7O2. The van der Waals surface area contributed by atoms with Gasteiger partial charge in [0.1, 0.15) is 11.5 Å². The van der Waals surface area contributed by atoms with E-state index in [0.29, 0.717) is 30.0 Å². The summed E-state index contributed by atoms with van der Waals surface area (Å²) in [4.78, 5) is 41.0. The van der Waals surface area contributed by atoms with Crippen molar-refractivity contribution >= 4 is 40.4 Å². The second-order valence-corrected chi connectivity index (χ2v) is 8.97. The highest BCUT2D eigenvalue weighted by atomic mass is 16.1. The van der Waals surface area contributed by atoms with E-state index < -0.39 is 5.91 Å². The van der Waals surface area contributed by atoms with E-state index >= 15 is 0 Å². The molecule has 2 aliphatic carbocycles. The number of carbonyl (C=O) groups is 2. The molecule has 0 radical (unpaired) electrons. The lowest BCUT2D eigenvalue weighted by Crippen LogP contribution is -2.41. The van der Waals surface area contributed by atoms with Crippen LogP contribution in [0, 0.1) is 17.8 Å². The lowest BCUT2D eigenvalue weighted by molar-refractivity contribution is -0.122. The van der Waals surface area contributed by atoms with Gasteiger partial charge < -0.3 is 21.8 Å². The van der Waals surface area contributed by atoms with Crippen LogP contribution in [-0.2, 0) is 17.6 Å². The molecule has 1 aliphatic heterocycles. The van der Waals surface area contributed by atoms with Gasteiger partial charge in [-0.05, 0) is 36.0 Å². The summed E-state index contributed by atoms with van der Waals surface area (Å²) in [7, 11) is 0. The topological polar surface area (TPSA) is 152 Å². The molecule has 2 aromatic heterocycles. The summed E-state index contributed by atoms with van der Waals surface area (Å²) in [6, 6.07) is 5.74. The molecule has 2 bridgehead atoms. The maximum absolute atomic E-state index is 12.1. The van der Waals surface area contributed by atoms with Crippen LogP contribution < -0.4 is 16.8 Å². The Hall–Kier alpha value is -4.01. The average molecular weight is 441 g/mol. The maximum atomic E-state index is 12.1. The lowest BCUT2D eigenvalue weighted by atomic mass is 9.88. The number of H-pyrrole nitrogens is 1. The molecule has 6 N–H and O–H groups in total. The SMILES string of the molecule is NC(=O)c1c[nH]c2ccc(Cc3nc4c(c(NC5C6C=CC(C6)C5C(N)=O)n3)N=CC4)cc12. The van der Waals surface area contributed by atoms with Crippen molar-refractivity contribution in [1.82, 2.24) is 15.0 Å². The Kier molecular flexibility index (Phi) is 4.33. The van der Waals surface area contributed by atoms with Crippen molar-refractivity contribution in [3.05, 3.63) is 59.2 Å². The largest absolute Gasteiger partial charge is 0.369 e. The molecule has 9 nitrogen and oxygen atoms in total. The summed E-state index contributed by atoms with van der Waals surface area (Å²) >= 11 is 0. The minimum atomic E-state index is -0.472. The fraction of sp³-hybridized carbons (Fsp3) is 0.292. The number of aliphatic imine (C=N–C) groups is 1. The Morgan fingerprint density at radius 1 is 1.15 bits per heavy atom. The van der Waals surface area contributed by atoms with Gasteiger partial charge in [0.05, 0.1) is 17.2 Å². The zero-order chi connectivity index (χ0) is 22.7. The Balaban J connectivity index is 1.33. The van der Waals surface area contributed by atoms with E-state index in [1.807, 2.05) is 24.4 Å². The zero-order valence-corrected chi connectivity index (χ0v) is 17.8. The predicted octanol–water partition coefficient (Wildman–Crippen LogP) is 1.99. The van der Waals surface area contributed by atoms with E-state index in [4.69, 9.17) is 21.4 Å². The summed E-state index contributed by atoms with van der Waals surface area (Å²) in [6.45, 7) is 0. The molecule has 4 atom stereocenters. The average Bonchev–Trinajstić information content (AvgIpc) is 3.56. The number of nitrogens with two attached hydrogens (primary N) is 2. The van der Waals surface area contributed by atoms with Crippen molar-refractivity contribution in [3.8, 4) is 0 Å². The van der Waals surface area contributed by atoms with Gasteiger partial charge in [-0.2, -0.15) is 0 Å². The molecule has 6 rings (SSSR count). The minimum Gasteiger partial charge on any atom is -0.369 e. The molecule has 2 amide bonds. The van der Waals surface area contributed by atoms with E-state index in [1.165, 1.54) is 0 Å². The molecule has 166 valence electrons. The number of hydrogen-bond acceptors (Lipinski definition) is 6. The molecule has 3 heterocycles. The van der Waals surface area contributed by atoms with Gasteiger partial charge in [0.15, 0.2) is 5.82 Å². The van der Waals surface area contributed by atoms with Crippen LogP contribution in [0.2, 0.25) is 0 Å². The molecule has 3 aromatic rings. The number of nitrogens with one attached hydrogen (secondary N) is 2. The molecule has 1 aromatic carbocycles. The van der Waals surface area contributed by atoms with Crippen molar-refractivity contribution in [2.75, 3.05) is 5.32 Å². The van der Waals surface area contributed by atoms with Crippen molar-refractivity contribution < 1.29 is 9.59 Å². The summed E-state index contributed by atoms with van der Waals surface area (Å²) < 4.78 is 0. The van der Waals surface area contributed by atoms with Crippen LogP contribution in [0.15, 0.2) is 41.5 Å². The number of aromatic nitrogens is 3. The number of primary amides is 2. The first-order chi connectivity index (χ1) is 16.0.